The van der Waals surface area contributed by atoms with E-state index < -0.39 is 11.7 Å². The van der Waals surface area contributed by atoms with Crippen LogP contribution in [0.3, 0.4) is 0 Å². The molecule has 0 bridgehead atoms. The Kier molecular flexibility index (Phi) is 6.04. The Morgan fingerprint density at radius 2 is 1.72 bits per heavy atom. The van der Waals surface area contributed by atoms with Gasteiger partial charge in [-0.25, -0.2) is 19.4 Å². The highest BCUT2D eigenvalue weighted by molar-refractivity contribution is 6.33. The second-order valence-electron chi connectivity index (χ2n) is 6.66. The first-order chi connectivity index (χ1) is 15.5. The van der Waals surface area contributed by atoms with Crippen LogP contribution in [-0.2, 0) is 0 Å². The smallest absolute Gasteiger partial charge is 0.271 e. The summed E-state index contributed by atoms with van der Waals surface area (Å²) in [6.45, 7) is 0. The van der Waals surface area contributed by atoms with Gasteiger partial charge in [0.25, 0.3) is 5.91 Å². The lowest BCUT2D eigenvalue weighted by atomic mass is 10.2. The Hall–Kier alpha value is -3.91. The van der Waals surface area contributed by atoms with Gasteiger partial charge in [-0.05, 0) is 36.4 Å². The van der Waals surface area contributed by atoms with Crippen LogP contribution in [0.25, 0.3) is 10.9 Å². The van der Waals surface area contributed by atoms with E-state index in [2.05, 4.69) is 15.4 Å². The molecule has 0 radical (unpaired) electrons. The van der Waals surface area contributed by atoms with E-state index in [9.17, 15) is 9.18 Å². The molecule has 0 saturated carbocycles. The zero-order chi connectivity index (χ0) is 22.7. The molecule has 7 nitrogen and oxygen atoms in total. The molecule has 4 rings (SSSR count). The molecule has 0 fully saturated rings. The van der Waals surface area contributed by atoms with Crippen LogP contribution in [0.2, 0.25) is 5.02 Å². The predicted molar refractivity (Wildman–Crippen MR) is 120 cm³/mol. The van der Waals surface area contributed by atoms with Crippen LogP contribution in [0, 0.1) is 5.82 Å². The first-order valence-electron chi connectivity index (χ1n) is 9.49. The fraction of sp³-hybridized carbons (Fsp3) is 0.0870. The van der Waals surface area contributed by atoms with E-state index in [4.69, 9.17) is 21.1 Å². The average molecular weight is 453 g/mol. The number of carbonyl (C=O) groups is 1. The van der Waals surface area contributed by atoms with Crippen LogP contribution in [0.4, 0.5) is 15.9 Å². The zero-order valence-corrected chi connectivity index (χ0v) is 17.9. The van der Waals surface area contributed by atoms with Gasteiger partial charge in [0.05, 0.1) is 36.0 Å². The second-order valence-corrected chi connectivity index (χ2v) is 7.06. The lowest BCUT2D eigenvalue weighted by Crippen LogP contribution is -2.39. The molecule has 1 heterocycles. The zero-order valence-electron chi connectivity index (χ0n) is 17.2. The van der Waals surface area contributed by atoms with E-state index in [1.807, 2.05) is 18.2 Å². The summed E-state index contributed by atoms with van der Waals surface area (Å²) < 4.78 is 24.2. The number of methoxy groups -OCH3 is 2. The summed E-state index contributed by atoms with van der Waals surface area (Å²) in [5.74, 6) is 0.323. The molecule has 4 aromatic rings. The quantitative estimate of drug-likeness (QED) is 0.418. The van der Waals surface area contributed by atoms with E-state index in [1.165, 1.54) is 37.7 Å². The molecule has 0 unspecified atom stereocenters. The summed E-state index contributed by atoms with van der Waals surface area (Å²) in [6, 6.07) is 16.2. The van der Waals surface area contributed by atoms with Crippen LogP contribution in [0.1, 0.15) is 10.4 Å². The number of amides is 1. The average Bonchev–Trinajstić information content (AvgIpc) is 2.81. The van der Waals surface area contributed by atoms with Gasteiger partial charge in [0.1, 0.15) is 12.1 Å². The molecule has 162 valence electrons. The third-order valence-corrected chi connectivity index (χ3v) is 5.05. The number of para-hydroxylation sites is 1. The van der Waals surface area contributed by atoms with Gasteiger partial charge in [-0.2, -0.15) is 0 Å². The Morgan fingerprint density at radius 3 is 2.41 bits per heavy atom. The van der Waals surface area contributed by atoms with Crippen LogP contribution in [-0.4, -0.2) is 30.1 Å². The largest absolute Gasteiger partial charge is 0.493 e. The Morgan fingerprint density at radius 1 is 1.00 bits per heavy atom. The Labute approximate surface area is 188 Å². The molecule has 1 amide bonds. The Bertz CT molecular complexity index is 1290. The third-order valence-electron chi connectivity index (χ3n) is 4.73. The molecule has 3 aromatic carbocycles. The van der Waals surface area contributed by atoms with Crippen molar-refractivity contribution in [1.29, 1.82) is 0 Å². The van der Waals surface area contributed by atoms with Crippen LogP contribution >= 0.6 is 11.6 Å². The number of benzene rings is 3. The van der Waals surface area contributed by atoms with Gasteiger partial charge < -0.3 is 9.47 Å². The van der Waals surface area contributed by atoms with Crippen molar-refractivity contribution in [3.05, 3.63) is 83.4 Å². The summed E-state index contributed by atoms with van der Waals surface area (Å²) in [4.78, 5) is 21.8. The molecule has 32 heavy (non-hydrogen) atoms. The molecule has 9 heteroatoms. The minimum absolute atomic E-state index is 0.00513. The highest BCUT2D eigenvalue weighted by Gasteiger charge is 2.21. The number of hydrogen-bond acceptors (Lipinski definition) is 6. The summed E-state index contributed by atoms with van der Waals surface area (Å²) in [5.41, 5.74) is 4.15. The van der Waals surface area contributed by atoms with Crippen LogP contribution < -0.4 is 19.9 Å². The van der Waals surface area contributed by atoms with Crippen molar-refractivity contribution in [3.8, 4) is 11.5 Å². The molecule has 0 aliphatic carbocycles. The number of ether oxygens (including phenoxy) is 2. The number of carbonyl (C=O) groups excluding carboxylic acids is 1. The van der Waals surface area contributed by atoms with Crippen molar-refractivity contribution in [2.24, 2.45) is 0 Å². The number of rotatable bonds is 6. The van der Waals surface area contributed by atoms with Crippen LogP contribution in [0.15, 0.2) is 67.0 Å². The summed E-state index contributed by atoms with van der Waals surface area (Å²) in [5, 5.41) is 2.12. The molecular formula is C23H18ClFN4O3. The van der Waals surface area contributed by atoms with Crippen molar-refractivity contribution in [2.45, 2.75) is 0 Å². The number of hydrogen-bond donors (Lipinski definition) is 1. The summed E-state index contributed by atoms with van der Waals surface area (Å²) in [6.07, 6.45) is 1.39. The minimum Gasteiger partial charge on any atom is -0.493 e. The number of hydrazine groups is 1. The van der Waals surface area contributed by atoms with Crippen LogP contribution in [0.5, 0.6) is 11.5 Å². The van der Waals surface area contributed by atoms with Crippen molar-refractivity contribution >= 4 is 39.9 Å². The van der Waals surface area contributed by atoms with E-state index in [-0.39, 0.29) is 10.6 Å². The number of nitrogens with one attached hydrogen (secondary N) is 1. The Balaban J connectivity index is 1.84. The van der Waals surface area contributed by atoms with Gasteiger partial charge in [-0.3, -0.25) is 10.2 Å². The number of nitrogens with zero attached hydrogens (tertiary/aromatic N) is 3. The number of halogens is 2. The molecular weight excluding hydrogens is 435 g/mol. The summed E-state index contributed by atoms with van der Waals surface area (Å²) >= 11 is 6.09. The number of anilines is 2. The molecule has 0 atom stereocenters. The maximum Gasteiger partial charge on any atom is 0.271 e. The first-order valence-corrected chi connectivity index (χ1v) is 9.87. The van der Waals surface area contributed by atoms with Gasteiger partial charge in [0.15, 0.2) is 17.3 Å². The van der Waals surface area contributed by atoms with E-state index in [0.29, 0.717) is 33.9 Å². The van der Waals surface area contributed by atoms with E-state index in [0.717, 1.165) is 6.07 Å². The highest BCUT2D eigenvalue weighted by Crippen LogP contribution is 2.36. The molecule has 1 aromatic heterocycles. The SMILES string of the molecule is COc1cc2ncnc(N(NC(=O)c3ccc(F)cc3Cl)c3ccccc3)c2cc1OC. The standard InChI is InChI=1S/C23H18ClFN4O3/c1-31-20-11-17-19(12-21(20)32-2)26-13-27-22(17)29(15-6-4-3-5-7-15)28-23(30)16-9-8-14(25)10-18(16)24/h3-13H,1-2H3,(H,28,30). The molecule has 1 N–H and O–H groups in total. The van der Waals surface area contributed by atoms with Gasteiger partial charge >= 0.3 is 0 Å². The normalized spacial score (nSPS) is 10.6. The van der Waals surface area contributed by atoms with E-state index in [1.54, 1.807) is 24.3 Å². The van der Waals surface area contributed by atoms with Crippen molar-refractivity contribution in [3.63, 3.8) is 0 Å². The number of fused-ring (bicyclic) bond motifs is 1. The summed E-state index contributed by atoms with van der Waals surface area (Å²) in [7, 11) is 3.06. The maximum absolute atomic E-state index is 13.4. The minimum atomic E-state index is -0.536. The van der Waals surface area contributed by atoms with Crippen molar-refractivity contribution in [2.75, 3.05) is 19.2 Å². The van der Waals surface area contributed by atoms with Gasteiger partial charge in [-0.15, -0.1) is 0 Å². The van der Waals surface area contributed by atoms with E-state index >= 15 is 0 Å². The third kappa shape index (κ3) is 4.13. The molecule has 0 saturated heterocycles. The maximum atomic E-state index is 13.4. The first kappa shape index (κ1) is 21.3. The van der Waals surface area contributed by atoms with Gasteiger partial charge in [-0.1, -0.05) is 29.8 Å². The fourth-order valence-corrected chi connectivity index (χ4v) is 3.45. The van der Waals surface area contributed by atoms with Gasteiger partial charge in [0, 0.05) is 11.5 Å². The second kappa shape index (κ2) is 9.07. The monoisotopic (exact) mass is 452 g/mol. The van der Waals surface area contributed by atoms with Gasteiger partial charge in [0.2, 0.25) is 0 Å². The van der Waals surface area contributed by atoms with Crippen molar-refractivity contribution in [1.82, 2.24) is 15.4 Å². The number of aromatic nitrogens is 2. The molecule has 0 spiro atoms. The highest BCUT2D eigenvalue weighted by atomic mass is 35.5. The topological polar surface area (TPSA) is 76.6 Å². The van der Waals surface area contributed by atoms with Crippen molar-refractivity contribution < 1.29 is 18.7 Å². The predicted octanol–water partition coefficient (Wildman–Crippen LogP) is 4.92. The molecule has 0 aliphatic rings. The lowest BCUT2D eigenvalue weighted by molar-refractivity contribution is 0.0953. The molecule has 0 aliphatic heterocycles. The lowest BCUT2D eigenvalue weighted by Gasteiger charge is -2.25. The fourth-order valence-electron chi connectivity index (χ4n) is 3.20.